The van der Waals surface area contributed by atoms with Crippen LogP contribution in [0.3, 0.4) is 0 Å². The van der Waals surface area contributed by atoms with E-state index < -0.39 is 12.0 Å². The lowest BCUT2D eigenvalue weighted by Gasteiger charge is -2.20. The second-order valence-electron chi connectivity index (χ2n) is 6.25. The van der Waals surface area contributed by atoms with Gasteiger partial charge in [-0.2, -0.15) is 0 Å². The Morgan fingerprint density at radius 1 is 1.15 bits per heavy atom. The molecule has 0 saturated carbocycles. The summed E-state index contributed by atoms with van der Waals surface area (Å²) < 4.78 is 10.4. The zero-order chi connectivity index (χ0) is 19.3. The summed E-state index contributed by atoms with van der Waals surface area (Å²) in [6.07, 6.45) is 0. The molecule has 1 aliphatic rings. The number of amides is 1. The van der Waals surface area contributed by atoms with Gasteiger partial charge in [-0.05, 0) is 35.9 Å². The second kappa shape index (κ2) is 6.25. The van der Waals surface area contributed by atoms with E-state index in [0.29, 0.717) is 27.1 Å². The Kier molecular flexibility index (Phi) is 4.00. The quantitative estimate of drug-likeness (QED) is 0.634. The average molecular weight is 384 g/mol. The fraction of sp³-hybridized carbons (Fsp3) is 0.150. The first-order chi connectivity index (χ1) is 12.9. The standard InChI is InChI=1S/C20H14ClNO5/c1-22-16(10-3-5-11(6-4-10)20(25)26-2)15-17(23)13-9-12(21)7-8-14(13)27-18(15)19(22)24/h3-9,16H,1-2H3/t16-/m0/s1. The van der Waals surface area contributed by atoms with E-state index in [1.54, 1.807) is 43.4 Å². The summed E-state index contributed by atoms with van der Waals surface area (Å²) in [6, 6.07) is 10.7. The van der Waals surface area contributed by atoms with Crippen molar-refractivity contribution in [3.8, 4) is 0 Å². The van der Waals surface area contributed by atoms with Crippen molar-refractivity contribution in [1.29, 1.82) is 0 Å². The number of esters is 1. The Labute approximate surface area is 158 Å². The van der Waals surface area contributed by atoms with Crippen LogP contribution in [0.4, 0.5) is 0 Å². The summed E-state index contributed by atoms with van der Waals surface area (Å²) in [6.45, 7) is 0. The van der Waals surface area contributed by atoms with Crippen molar-refractivity contribution in [2.45, 2.75) is 6.04 Å². The molecule has 3 aromatic rings. The number of hydrogen-bond acceptors (Lipinski definition) is 5. The molecule has 0 radical (unpaired) electrons. The maximum Gasteiger partial charge on any atom is 0.337 e. The highest BCUT2D eigenvalue weighted by Crippen LogP contribution is 2.37. The van der Waals surface area contributed by atoms with Crippen molar-refractivity contribution in [3.63, 3.8) is 0 Å². The Morgan fingerprint density at radius 2 is 1.85 bits per heavy atom. The molecule has 2 aromatic carbocycles. The fourth-order valence-corrected chi connectivity index (χ4v) is 3.54. The van der Waals surface area contributed by atoms with Crippen LogP contribution in [0.25, 0.3) is 11.0 Å². The minimum Gasteiger partial charge on any atom is -0.465 e. The Hall–Kier alpha value is -3.12. The molecule has 0 saturated heterocycles. The molecular formula is C20H14ClNO5. The molecule has 0 spiro atoms. The summed E-state index contributed by atoms with van der Waals surface area (Å²) in [5.41, 5.74) is 1.35. The van der Waals surface area contributed by atoms with E-state index in [1.165, 1.54) is 18.1 Å². The van der Waals surface area contributed by atoms with E-state index in [1.807, 2.05) is 0 Å². The number of benzene rings is 2. The predicted octanol–water partition coefficient (Wildman–Crippen LogP) is 3.41. The van der Waals surface area contributed by atoms with Gasteiger partial charge >= 0.3 is 5.97 Å². The maximum atomic E-state index is 13.1. The molecule has 0 aliphatic carbocycles. The Morgan fingerprint density at radius 3 is 2.52 bits per heavy atom. The van der Waals surface area contributed by atoms with Gasteiger partial charge in [-0.15, -0.1) is 0 Å². The highest BCUT2D eigenvalue weighted by atomic mass is 35.5. The van der Waals surface area contributed by atoms with Gasteiger partial charge in [0.15, 0.2) is 5.43 Å². The number of nitrogens with zero attached hydrogens (tertiary/aromatic N) is 1. The molecule has 4 rings (SSSR count). The van der Waals surface area contributed by atoms with E-state index in [0.717, 1.165) is 0 Å². The monoisotopic (exact) mass is 383 g/mol. The number of halogens is 1. The number of fused-ring (bicyclic) bond motifs is 2. The normalized spacial score (nSPS) is 15.9. The van der Waals surface area contributed by atoms with Gasteiger partial charge in [-0.3, -0.25) is 9.59 Å². The van der Waals surface area contributed by atoms with Crippen molar-refractivity contribution in [1.82, 2.24) is 4.90 Å². The van der Waals surface area contributed by atoms with E-state index in [4.69, 9.17) is 20.8 Å². The number of rotatable bonds is 2. The summed E-state index contributed by atoms with van der Waals surface area (Å²) in [5.74, 6) is -0.807. The lowest BCUT2D eigenvalue weighted by atomic mass is 9.98. The van der Waals surface area contributed by atoms with Crippen molar-refractivity contribution in [2.24, 2.45) is 0 Å². The Bertz CT molecular complexity index is 1150. The van der Waals surface area contributed by atoms with E-state index >= 15 is 0 Å². The maximum absolute atomic E-state index is 13.1. The van der Waals surface area contributed by atoms with Crippen LogP contribution >= 0.6 is 11.6 Å². The predicted molar refractivity (Wildman–Crippen MR) is 99.2 cm³/mol. The van der Waals surface area contributed by atoms with Gasteiger partial charge in [0.2, 0.25) is 5.76 Å². The molecule has 136 valence electrons. The molecular weight excluding hydrogens is 370 g/mol. The summed E-state index contributed by atoms with van der Waals surface area (Å²) in [5, 5.41) is 0.729. The summed E-state index contributed by atoms with van der Waals surface area (Å²) in [7, 11) is 2.91. The third kappa shape index (κ3) is 2.61. The first-order valence-corrected chi connectivity index (χ1v) is 8.52. The fourth-order valence-electron chi connectivity index (χ4n) is 3.37. The van der Waals surface area contributed by atoms with Crippen molar-refractivity contribution in [2.75, 3.05) is 14.2 Å². The zero-order valence-electron chi connectivity index (χ0n) is 14.5. The SMILES string of the molecule is COC(=O)c1ccc([C@H]2c3c(oc4ccc(Cl)cc4c3=O)C(=O)N2C)cc1. The molecule has 1 aromatic heterocycles. The van der Waals surface area contributed by atoms with Crippen molar-refractivity contribution >= 4 is 34.4 Å². The summed E-state index contributed by atoms with van der Waals surface area (Å²) >= 11 is 6.01. The smallest absolute Gasteiger partial charge is 0.337 e. The topological polar surface area (TPSA) is 76.8 Å². The van der Waals surface area contributed by atoms with Crippen LogP contribution in [0, 0.1) is 0 Å². The van der Waals surface area contributed by atoms with Gasteiger partial charge in [-0.1, -0.05) is 23.7 Å². The molecule has 7 heteroatoms. The van der Waals surface area contributed by atoms with Crippen LogP contribution in [0.2, 0.25) is 5.02 Å². The van der Waals surface area contributed by atoms with E-state index in [2.05, 4.69) is 0 Å². The minimum atomic E-state index is -0.612. The molecule has 6 nitrogen and oxygen atoms in total. The molecule has 1 atom stereocenters. The highest BCUT2D eigenvalue weighted by molar-refractivity contribution is 6.31. The largest absolute Gasteiger partial charge is 0.465 e. The molecule has 27 heavy (non-hydrogen) atoms. The van der Waals surface area contributed by atoms with Gasteiger partial charge in [-0.25, -0.2) is 4.79 Å². The first kappa shape index (κ1) is 17.3. The highest BCUT2D eigenvalue weighted by Gasteiger charge is 2.40. The number of carbonyl (C=O) groups is 2. The molecule has 0 N–H and O–H groups in total. The van der Waals surface area contributed by atoms with Gasteiger partial charge < -0.3 is 14.1 Å². The molecule has 2 heterocycles. The van der Waals surface area contributed by atoms with Crippen LogP contribution in [0.1, 0.15) is 38.1 Å². The average Bonchev–Trinajstić information content (AvgIpc) is 2.93. The van der Waals surface area contributed by atoms with Gasteiger partial charge in [0.05, 0.1) is 29.7 Å². The van der Waals surface area contributed by atoms with Gasteiger partial charge in [0.1, 0.15) is 5.58 Å². The number of methoxy groups -OCH3 is 1. The third-order valence-corrected chi connectivity index (χ3v) is 4.95. The van der Waals surface area contributed by atoms with Crippen molar-refractivity contribution in [3.05, 3.63) is 80.2 Å². The minimum absolute atomic E-state index is 0.0272. The van der Waals surface area contributed by atoms with E-state index in [9.17, 15) is 14.4 Å². The number of carbonyl (C=O) groups excluding carboxylic acids is 2. The van der Waals surface area contributed by atoms with Crippen LogP contribution in [0.5, 0.6) is 0 Å². The van der Waals surface area contributed by atoms with Crippen molar-refractivity contribution < 1.29 is 18.7 Å². The van der Waals surface area contributed by atoms with Crippen LogP contribution in [-0.2, 0) is 4.74 Å². The second-order valence-corrected chi connectivity index (χ2v) is 6.68. The lowest BCUT2D eigenvalue weighted by Crippen LogP contribution is -2.25. The zero-order valence-corrected chi connectivity index (χ0v) is 15.2. The van der Waals surface area contributed by atoms with Gasteiger partial charge in [0.25, 0.3) is 5.91 Å². The lowest BCUT2D eigenvalue weighted by molar-refractivity contribution is 0.0600. The van der Waals surface area contributed by atoms with E-state index in [-0.39, 0.29) is 22.7 Å². The molecule has 0 fully saturated rings. The molecule has 0 unspecified atom stereocenters. The first-order valence-electron chi connectivity index (χ1n) is 8.14. The van der Waals surface area contributed by atoms with Crippen LogP contribution < -0.4 is 5.43 Å². The van der Waals surface area contributed by atoms with Gasteiger partial charge in [0, 0.05) is 12.1 Å². The van der Waals surface area contributed by atoms with Crippen LogP contribution in [0.15, 0.2) is 51.7 Å². The summed E-state index contributed by atoms with van der Waals surface area (Å²) in [4.78, 5) is 38.8. The molecule has 1 amide bonds. The molecule has 0 bridgehead atoms. The number of hydrogen-bond donors (Lipinski definition) is 0. The molecule has 1 aliphatic heterocycles. The third-order valence-electron chi connectivity index (χ3n) is 4.71. The number of ether oxygens (including phenoxy) is 1. The van der Waals surface area contributed by atoms with Crippen LogP contribution in [-0.4, -0.2) is 30.9 Å². The Balaban J connectivity index is 1.91.